The number of benzene rings is 7. The van der Waals surface area contributed by atoms with Gasteiger partial charge in [0.2, 0.25) is 0 Å². The van der Waals surface area contributed by atoms with Gasteiger partial charge < -0.3 is 0 Å². The lowest BCUT2D eigenvalue weighted by Crippen LogP contribution is -2.15. The Morgan fingerprint density at radius 3 is 2.02 bits per heavy atom. The van der Waals surface area contributed by atoms with Crippen LogP contribution in [0, 0.1) is 0 Å². The van der Waals surface area contributed by atoms with Crippen LogP contribution < -0.4 is 0 Å². The summed E-state index contributed by atoms with van der Waals surface area (Å²) in [6.45, 7) is 4.80. The van der Waals surface area contributed by atoms with Gasteiger partial charge >= 0.3 is 0 Å². The summed E-state index contributed by atoms with van der Waals surface area (Å²) in [5, 5.41) is 5.39. The first-order chi connectivity index (χ1) is 23.0. The largest absolute Gasteiger partial charge is 0.0795 e. The number of allylic oxidation sites excluding steroid dienone is 3. The molecule has 0 atom stereocenters. The van der Waals surface area contributed by atoms with Crippen molar-refractivity contribution in [3.63, 3.8) is 0 Å². The van der Waals surface area contributed by atoms with Gasteiger partial charge in [-0.05, 0) is 137 Å². The molecule has 0 N–H and O–H groups in total. The highest BCUT2D eigenvalue weighted by molar-refractivity contribution is 6.08. The molecule has 0 fully saturated rings. The summed E-state index contributed by atoms with van der Waals surface area (Å²) in [5.74, 6) is 0. The van der Waals surface area contributed by atoms with E-state index in [4.69, 9.17) is 0 Å². The molecule has 0 heteroatoms. The van der Waals surface area contributed by atoms with Crippen molar-refractivity contribution in [2.75, 3.05) is 0 Å². The Morgan fingerprint density at radius 1 is 0.511 bits per heavy atom. The second kappa shape index (κ2) is 9.77. The maximum atomic E-state index is 2.48. The Morgan fingerprint density at radius 2 is 1.19 bits per heavy atom. The highest BCUT2D eigenvalue weighted by Gasteiger charge is 2.36. The van der Waals surface area contributed by atoms with Crippen LogP contribution in [0.15, 0.2) is 140 Å². The summed E-state index contributed by atoms with van der Waals surface area (Å²) in [5.41, 5.74) is 18.9. The molecule has 3 aliphatic carbocycles. The van der Waals surface area contributed by atoms with Crippen LogP contribution in [-0.4, -0.2) is 0 Å². The van der Waals surface area contributed by atoms with E-state index in [0.717, 1.165) is 12.8 Å². The molecule has 0 radical (unpaired) electrons. The fourth-order valence-corrected chi connectivity index (χ4v) is 8.61. The predicted molar refractivity (Wildman–Crippen MR) is 201 cm³/mol. The van der Waals surface area contributed by atoms with Gasteiger partial charge in [0.15, 0.2) is 0 Å². The Labute approximate surface area is 276 Å². The summed E-state index contributed by atoms with van der Waals surface area (Å²) >= 11 is 0. The van der Waals surface area contributed by atoms with Crippen LogP contribution in [0.2, 0.25) is 0 Å². The molecular weight excluding hydrogens is 565 g/mol. The number of hydrogen-bond donors (Lipinski definition) is 0. The van der Waals surface area contributed by atoms with E-state index in [1.807, 2.05) is 0 Å². The fourth-order valence-electron chi connectivity index (χ4n) is 8.61. The normalized spacial score (nSPS) is 15.1. The van der Waals surface area contributed by atoms with Crippen LogP contribution in [0.4, 0.5) is 0 Å². The minimum Gasteiger partial charge on any atom is -0.0795 e. The molecule has 0 aliphatic heterocycles. The minimum absolute atomic E-state index is 0.103. The maximum Gasteiger partial charge on any atom is 0.0159 e. The monoisotopic (exact) mass is 598 g/mol. The van der Waals surface area contributed by atoms with Crippen molar-refractivity contribution in [3.05, 3.63) is 167 Å². The maximum absolute atomic E-state index is 2.48. The van der Waals surface area contributed by atoms with Gasteiger partial charge in [-0.1, -0.05) is 135 Å². The lowest BCUT2D eigenvalue weighted by atomic mass is 9.78. The molecule has 0 nitrogen and oxygen atoms in total. The van der Waals surface area contributed by atoms with E-state index in [1.54, 1.807) is 0 Å². The Kier molecular flexibility index (Phi) is 5.56. The zero-order valence-electron chi connectivity index (χ0n) is 26.8. The molecule has 0 bridgehead atoms. The molecule has 3 aliphatic rings. The molecule has 0 saturated heterocycles. The van der Waals surface area contributed by atoms with E-state index in [-0.39, 0.29) is 5.41 Å². The van der Waals surface area contributed by atoms with Crippen molar-refractivity contribution in [1.82, 2.24) is 0 Å². The molecule has 7 aromatic carbocycles. The van der Waals surface area contributed by atoms with Crippen molar-refractivity contribution in [1.29, 1.82) is 0 Å². The van der Waals surface area contributed by atoms with Crippen LogP contribution in [-0.2, 0) is 11.8 Å². The Hall–Kier alpha value is -5.46. The first-order valence-corrected chi connectivity index (χ1v) is 16.9. The summed E-state index contributed by atoms with van der Waals surface area (Å²) in [6.07, 6.45) is 9.11. The van der Waals surface area contributed by atoms with Gasteiger partial charge in [-0.15, -0.1) is 0 Å². The summed E-state index contributed by atoms with van der Waals surface area (Å²) in [6, 6.07) is 48.1. The smallest absolute Gasteiger partial charge is 0.0159 e. The molecule has 0 saturated carbocycles. The van der Waals surface area contributed by atoms with E-state index < -0.39 is 0 Å². The first kappa shape index (κ1) is 26.7. The minimum atomic E-state index is -0.103. The second-order valence-electron chi connectivity index (χ2n) is 14.1. The van der Waals surface area contributed by atoms with E-state index in [9.17, 15) is 0 Å². The van der Waals surface area contributed by atoms with Crippen molar-refractivity contribution >= 4 is 33.2 Å². The number of fused-ring (bicyclic) bond motifs is 4. The van der Waals surface area contributed by atoms with Gasteiger partial charge in [-0.25, -0.2) is 0 Å². The zero-order valence-corrected chi connectivity index (χ0v) is 26.8. The molecule has 0 amide bonds. The molecule has 222 valence electrons. The van der Waals surface area contributed by atoms with Gasteiger partial charge in [0.05, 0.1) is 0 Å². The standard InChI is InChI=1S/C47H34/c1-47(2)43-27-37(35-12-6-11-34(26-35)36-16-13-29-7-3-4-8-33(29)25-36)19-22-40(43)41-23-20-38(28-44(41)47)39-21-17-32-15-14-30-9-5-10-31-18-24-42(39)46(32)45(30)31/h3-8,10-14,16-28H,9,15H2,1-2H3. The van der Waals surface area contributed by atoms with Crippen LogP contribution in [0.25, 0.3) is 77.7 Å². The zero-order chi connectivity index (χ0) is 31.3. The van der Waals surface area contributed by atoms with E-state index >= 15 is 0 Å². The molecule has 0 heterocycles. The molecule has 0 spiro atoms. The van der Waals surface area contributed by atoms with Gasteiger partial charge in [0, 0.05) is 5.41 Å². The predicted octanol–water partition coefficient (Wildman–Crippen LogP) is 12.7. The number of hydrogen-bond acceptors (Lipinski definition) is 0. The lowest BCUT2D eigenvalue weighted by Gasteiger charge is -2.25. The third kappa shape index (κ3) is 3.95. The number of rotatable bonds is 3. The van der Waals surface area contributed by atoms with E-state index in [1.165, 1.54) is 99.4 Å². The third-order valence-electron chi connectivity index (χ3n) is 11.1. The molecular formula is C47H34. The summed E-state index contributed by atoms with van der Waals surface area (Å²) in [7, 11) is 0. The first-order valence-electron chi connectivity index (χ1n) is 16.9. The topological polar surface area (TPSA) is 0 Å². The van der Waals surface area contributed by atoms with Crippen molar-refractivity contribution in [3.8, 4) is 44.5 Å². The third-order valence-corrected chi connectivity index (χ3v) is 11.1. The second-order valence-corrected chi connectivity index (χ2v) is 14.1. The van der Waals surface area contributed by atoms with Gasteiger partial charge in [-0.3, -0.25) is 0 Å². The highest BCUT2D eigenvalue weighted by Crippen LogP contribution is 2.51. The molecule has 10 rings (SSSR count). The van der Waals surface area contributed by atoms with Crippen LogP contribution >= 0.6 is 0 Å². The van der Waals surface area contributed by atoms with Crippen molar-refractivity contribution < 1.29 is 0 Å². The molecule has 0 unspecified atom stereocenters. The molecule has 0 aromatic heterocycles. The Balaban J connectivity index is 1.05. The average molecular weight is 599 g/mol. The highest BCUT2D eigenvalue weighted by atomic mass is 14.4. The van der Waals surface area contributed by atoms with Gasteiger partial charge in [0.1, 0.15) is 0 Å². The quantitative estimate of drug-likeness (QED) is 0.190. The summed E-state index contributed by atoms with van der Waals surface area (Å²) < 4.78 is 0. The van der Waals surface area contributed by atoms with Gasteiger partial charge in [-0.2, -0.15) is 0 Å². The molecule has 7 aromatic rings. The Bertz CT molecular complexity index is 2530. The van der Waals surface area contributed by atoms with E-state index in [0.29, 0.717) is 0 Å². The van der Waals surface area contributed by atoms with Gasteiger partial charge in [0.25, 0.3) is 0 Å². The van der Waals surface area contributed by atoms with Crippen molar-refractivity contribution in [2.24, 2.45) is 0 Å². The fraction of sp³-hybridized carbons (Fsp3) is 0.106. The van der Waals surface area contributed by atoms with Crippen LogP contribution in [0.3, 0.4) is 0 Å². The summed E-state index contributed by atoms with van der Waals surface area (Å²) in [4.78, 5) is 0. The van der Waals surface area contributed by atoms with Crippen LogP contribution in [0.5, 0.6) is 0 Å². The molecule has 47 heavy (non-hydrogen) atoms. The average Bonchev–Trinajstić information content (AvgIpc) is 3.35. The van der Waals surface area contributed by atoms with Crippen molar-refractivity contribution in [2.45, 2.75) is 32.1 Å². The van der Waals surface area contributed by atoms with Crippen LogP contribution in [0.1, 0.15) is 48.1 Å². The van der Waals surface area contributed by atoms with E-state index in [2.05, 4.69) is 159 Å². The lowest BCUT2D eigenvalue weighted by molar-refractivity contribution is 0.661. The SMILES string of the molecule is CC1(C)c2cc(-c3cccc(-c4ccc5ccccc5c4)c3)ccc2-c2ccc(-c3ccc4c5c6c(ccc35)C=CCC6=CC4)cc21.